The molecule has 0 saturated carbocycles. The molecule has 0 unspecified atom stereocenters. The number of piperidine rings is 1. The molecular formula is C16H18N6O2S. The van der Waals surface area contributed by atoms with Gasteiger partial charge in [0.2, 0.25) is 16.2 Å². The Morgan fingerprint density at radius 2 is 2.12 bits per heavy atom. The van der Waals surface area contributed by atoms with Crippen molar-refractivity contribution in [3.05, 3.63) is 36.4 Å². The predicted octanol–water partition coefficient (Wildman–Crippen LogP) is 2.48. The van der Waals surface area contributed by atoms with Crippen LogP contribution in [0.25, 0.3) is 5.13 Å². The van der Waals surface area contributed by atoms with Gasteiger partial charge in [-0.25, -0.2) is 0 Å². The Labute approximate surface area is 148 Å². The van der Waals surface area contributed by atoms with Crippen molar-refractivity contribution < 1.29 is 9.32 Å². The molecule has 0 radical (unpaired) electrons. The van der Waals surface area contributed by atoms with Crippen molar-refractivity contribution in [1.29, 1.82) is 0 Å². The summed E-state index contributed by atoms with van der Waals surface area (Å²) >= 11 is 1.53. The molecule has 8 nitrogen and oxygen atoms in total. The molecule has 0 aliphatic carbocycles. The first-order valence-corrected chi connectivity index (χ1v) is 8.96. The SMILES string of the molecule is Cc1cc(NC(=O)[C@H]2CCCN(c3nnc(-n4cccc4)s3)C2)no1. The van der Waals surface area contributed by atoms with E-state index in [9.17, 15) is 4.79 Å². The summed E-state index contributed by atoms with van der Waals surface area (Å²) in [5.74, 6) is 0.996. The molecule has 4 rings (SSSR count). The third kappa shape index (κ3) is 3.41. The zero-order chi connectivity index (χ0) is 17.2. The lowest BCUT2D eigenvalue weighted by atomic mass is 9.97. The molecule has 0 bridgehead atoms. The zero-order valence-electron chi connectivity index (χ0n) is 13.8. The summed E-state index contributed by atoms with van der Waals surface area (Å²) in [6, 6.07) is 5.62. The van der Waals surface area contributed by atoms with Crippen LogP contribution in [-0.2, 0) is 4.79 Å². The number of aromatic nitrogens is 4. The highest BCUT2D eigenvalue weighted by atomic mass is 32.1. The number of hydrogen-bond acceptors (Lipinski definition) is 7. The zero-order valence-corrected chi connectivity index (χ0v) is 14.6. The molecule has 3 aromatic heterocycles. The molecule has 130 valence electrons. The molecule has 3 aromatic rings. The number of nitrogens with zero attached hydrogens (tertiary/aromatic N) is 5. The number of anilines is 2. The van der Waals surface area contributed by atoms with E-state index in [2.05, 4.69) is 25.6 Å². The number of carbonyl (C=O) groups is 1. The van der Waals surface area contributed by atoms with Gasteiger partial charge in [0.1, 0.15) is 5.76 Å². The maximum absolute atomic E-state index is 12.5. The lowest BCUT2D eigenvalue weighted by Crippen LogP contribution is -2.40. The van der Waals surface area contributed by atoms with Crippen molar-refractivity contribution in [3.63, 3.8) is 0 Å². The standard InChI is InChI=1S/C16H18N6O2S/c1-11-9-13(20-24-11)17-14(23)12-5-4-8-22(10-12)16-19-18-15(25-16)21-6-2-3-7-21/h2-3,6-7,9,12H,4-5,8,10H2,1H3,(H,17,20,23)/t12-/m0/s1. The molecule has 0 spiro atoms. The van der Waals surface area contributed by atoms with Gasteiger partial charge in [-0.05, 0) is 31.9 Å². The molecular weight excluding hydrogens is 340 g/mol. The minimum Gasteiger partial charge on any atom is -0.360 e. The van der Waals surface area contributed by atoms with E-state index in [1.807, 2.05) is 29.1 Å². The van der Waals surface area contributed by atoms with Crippen molar-refractivity contribution in [2.45, 2.75) is 19.8 Å². The minimum absolute atomic E-state index is 0.0341. The van der Waals surface area contributed by atoms with Crippen LogP contribution in [0.4, 0.5) is 10.9 Å². The summed E-state index contributed by atoms with van der Waals surface area (Å²) in [4.78, 5) is 14.6. The van der Waals surface area contributed by atoms with Crippen molar-refractivity contribution in [1.82, 2.24) is 19.9 Å². The first-order chi connectivity index (χ1) is 12.2. The second-order valence-corrected chi connectivity index (χ2v) is 6.99. The highest BCUT2D eigenvalue weighted by Crippen LogP contribution is 2.28. The highest BCUT2D eigenvalue weighted by molar-refractivity contribution is 7.17. The number of rotatable bonds is 4. The smallest absolute Gasteiger partial charge is 0.230 e. The minimum atomic E-state index is -0.107. The fourth-order valence-corrected chi connectivity index (χ4v) is 3.77. The number of carbonyl (C=O) groups excluding carboxylic acids is 1. The molecule has 1 fully saturated rings. The molecule has 9 heteroatoms. The van der Waals surface area contributed by atoms with Crippen LogP contribution in [-0.4, -0.2) is 38.9 Å². The summed E-state index contributed by atoms with van der Waals surface area (Å²) in [6.45, 7) is 3.30. The van der Waals surface area contributed by atoms with E-state index < -0.39 is 0 Å². The Morgan fingerprint density at radius 3 is 2.88 bits per heavy atom. The van der Waals surface area contributed by atoms with Crippen LogP contribution in [0.5, 0.6) is 0 Å². The maximum atomic E-state index is 12.5. The summed E-state index contributed by atoms with van der Waals surface area (Å²) in [6.07, 6.45) is 5.67. The quantitative estimate of drug-likeness (QED) is 0.771. The van der Waals surface area contributed by atoms with E-state index in [0.29, 0.717) is 18.1 Å². The Morgan fingerprint density at radius 1 is 1.32 bits per heavy atom. The summed E-state index contributed by atoms with van der Waals surface area (Å²) in [7, 11) is 0. The molecule has 1 saturated heterocycles. The fraction of sp³-hybridized carbons (Fsp3) is 0.375. The van der Waals surface area contributed by atoms with Gasteiger partial charge in [0.25, 0.3) is 0 Å². The summed E-state index contributed by atoms with van der Waals surface area (Å²) in [5, 5.41) is 16.8. The monoisotopic (exact) mass is 358 g/mol. The van der Waals surface area contributed by atoms with Crippen LogP contribution >= 0.6 is 11.3 Å². The third-order valence-electron chi connectivity index (χ3n) is 4.17. The van der Waals surface area contributed by atoms with Crippen LogP contribution in [0.1, 0.15) is 18.6 Å². The van der Waals surface area contributed by atoms with Gasteiger partial charge in [-0.15, -0.1) is 10.2 Å². The van der Waals surface area contributed by atoms with Gasteiger partial charge >= 0.3 is 0 Å². The van der Waals surface area contributed by atoms with Crippen LogP contribution in [0.2, 0.25) is 0 Å². The largest absolute Gasteiger partial charge is 0.360 e. The van der Waals surface area contributed by atoms with Gasteiger partial charge < -0.3 is 14.7 Å². The molecule has 25 heavy (non-hydrogen) atoms. The first-order valence-electron chi connectivity index (χ1n) is 8.15. The first kappa shape index (κ1) is 15.8. The van der Waals surface area contributed by atoms with Crippen LogP contribution < -0.4 is 10.2 Å². The fourth-order valence-electron chi connectivity index (χ4n) is 2.92. The number of aryl methyl sites for hydroxylation is 1. The maximum Gasteiger partial charge on any atom is 0.230 e. The van der Waals surface area contributed by atoms with Gasteiger partial charge in [0.15, 0.2) is 5.82 Å². The second kappa shape index (κ2) is 6.67. The molecule has 1 N–H and O–H groups in total. The molecule has 4 heterocycles. The van der Waals surface area contributed by atoms with Crippen molar-refractivity contribution in [2.24, 2.45) is 5.92 Å². The predicted molar refractivity (Wildman–Crippen MR) is 94.0 cm³/mol. The van der Waals surface area contributed by atoms with Gasteiger partial charge in [0.05, 0.1) is 5.92 Å². The number of amides is 1. The van der Waals surface area contributed by atoms with Crippen LogP contribution in [0.3, 0.4) is 0 Å². The molecule has 1 amide bonds. The lowest BCUT2D eigenvalue weighted by molar-refractivity contribution is -0.120. The van der Waals surface area contributed by atoms with Crippen LogP contribution in [0.15, 0.2) is 35.1 Å². The van der Waals surface area contributed by atoms with Gasteiger partial charge in [-0.1, -0.05) is 16.5 Å². The Balaban J connectivity index is 1.43. The van der Waals surface area contributed by atoms with Crippen molar-refractivity contribution in [2.75, 3.05) is 23.3 Å². The molecule has 0 aromatic carbocycles. The molecule has 1 atom stereocenters. The topological polar surface area (TPSA) is 89.1 Å². The summed E-state index contributed by atoms with van der Waals surface area (Å²) in [5.41, 5.74) is 0. The van der Waals surface area contributed by atoms with Gasteiger partial charge in [-0.2, -0.15) is 0 Å². The van der Waals surface area contributed by atoms with E-state index in [1.165, 1.54) is 11.3 Å². The lowest BCUT2D eigenvalue weighted by Gasteiger charge is -2.31. The van der Waals surface area contributed by atoms with E-state index in [4.69, 9.17) is 4.52 Å². The van der Waals surface area contributed by atoms with E-state index in [0.717, 1.165) is 29.6 Å². The third-order valence-corrected chi connectivity index (χ3v) is 5.17. The van der Waals surface area contributed by atoms with Crippen molar-refractivity contribution >= 4 is 28.2 Å². The van der Waals surface area contributed by atoms with E-state index >= 15 is 0 Å². The molecule has 1 aliphatic rings. The summed E-state index contributed by atoms with van der Waals surface area (Å²) < 4.78 is 6.92. The Kier molecular flexibility index (Phi) is 4.22. The second-order valence-electron chi connectivity index (χ2n) is 6.05. The Hall–Kier alpha value is -2.68. The average Bonchev–Trinajstić information content (AvgIpc) is 3.36. The van der Waals surface area contributed by atoms with Crippen LogP contribution in [0, 0.1) is 12.8 Å². The van der Waals surface area contributed by atoms with E-state index in [1.54, 1.807) is 13.0 Å². The van der Waals surface area contributed by atoms with Gasteiger partial charge in [0, 0.05) is 31.5 Å². The van der Waals surface area contributed by atoms with Crippen molar-refractivity contribution in [3.8, 4) is 5.13 Å². The van der Waals surface area contributed by atoms with Gasteiger partial charge in [-0.3, -0.25) is 9.36 Å². The Bertz CT molecular complexity index is 856. The normalized spacial score (nSPS) is 17.6. The molecule has 1 aliphatic heterocycles. The van der Waals surface area contributed by atoms with E-state index in [-0.39, 0.29) is 11.8 Å². The number of nitrogens with one attached hydrogen (secondary N) is 1. The number of hydrogen-bond donors (Lipinski definition) is 1. The highest BCUT2D eigenvalue weighted by Gasteiger charge is 2.28. The average molecular weight is 358 g/mol.